The number of halogens is 3. The molecule has 0 unspecified atom stereocenters. The molecule has 3 aromatic heterocycles. The number of carbonyl (C=O) groups is 1. The molecule has 1 amide bonds. The van der Waals surface area contributed by atoms with Crippen LogP contribution >= 0.6 is 0 Å². The molecule has 0 aliphatic carbocycles. The van der Waals surface area contributed by atoms with Crippen molar-refractivity contribution < 1.29 is 27.1 Å². The molecule has 11 heteroatoms. The van der Waals surface area contributed by atoms with Crippen molar-refractivity contribution in [3.8, 4) is 11.6 Å². The number of nitrogens with zero attached hydrogens (tertiary/aromatic N) is 2. The molecule has 0 aliphatic heterocycles. The maximum Gasteiger partial charge on any atom is 0.417 e. The van der Waals surface area contributed by atoms with E-state index in [-0.39, 0.29) is 23.0 Å². The number of hydrogen-bond donors (Lipinski definition) is 2. The molecule has 0 bridgehead atoms. The summed E-state index contributed by atoms with van der Waals surface area (Å²) in [5.74, 6) is -0.413. The molecule has 30 heavy (non-hydrogen) atoms. The maximum atomic E-state index is 12.7. The lowest BCUT2D eigenvalue weighted by molar-refractivity contribution is -0.137. The van der Waals surface area contributed by atoms with E-state index < -0.39 is 23.3 Å². The van der Waals surface area contributed by atoms with Gasteiger partial charge in [0.05, 0.1) is 17.5 Å². The Labute approximate surface area is 165 Å². The zero-order chi connectivity index (χ0) is 21.5. The van der Waals surface area contributed by atoms with Crippen molar-refractivity contribution in [2.24, 2.45) is 7.05 Å². The van der Waals surface area contributed by atoms with Gasteiger partial charge in [-0.15, -0.1) is 0 Å². The Bertz CT molecular complexity index is 1290. The number of H-pyrrole nitrogens is 1. The second-order valence-corrected chi connectivity index (χ2v) is 6.29. The molecule has 0 saturated heterocycles. The van der Waals surface area contributed by atoms with Crippen molar-refractivity contribution in [3.05, 3.63) is 70.7 Å². The van der Waals surface area contributed by atoms with Crippen LogP contribution in [0.3, 0.4) is 0 Å². The molecule has 0 fully saturated rings. The van der Waals surface area contributed by atoms with Gasteiger partial charge < -0.3 is 19.5 Å². The summed E-state index contributed by atoms with van der Waals surface area (Å²) in [4.78, 5) is 30.1. The molecular weight excluding hydrogens is 405 g/mol. The Kier molecular flexibility index (Phi) is 4.57. The largest absolute Gasteiger partial charge is 0.462 e. The summed E-state index contributed by atoms with van der Waals surface area (Å²) >= 11 is 0. The fourth-order valence-corrected chi connectivity index (χ4v) is 2.77. The van der Waals surface area contributed by atoms with E-state index >= 15 is 0 Å². The number of rotatable bonds is 4. The van der Waals surface area contributed by atoms with Gasteiger partial charge in [0, 0.05) is 37.0 Å². The molecule has 154 valence electrons. The first kappa shape index (κ1) is 19.3. The van der Waals surface area contributed by atoms with E-state index in [1.54, 1.807) is 12.1 Å². The van der Waals surface area contributed by atoms with Gasteiger partial charge in [-0.2, -0.15) is 13.2 Å². The van der Waals surface area contributed by atoms with Crippen LogP contribution in [0.15, 0.2) is 58.2 Å². The second-order valence-electron chi connectivity index (χ2n) is 6.29. The number of ether oxygens (including phenoxy) is 1. The molecule has 0 aliphatic rings. The average molecular weight is 418 g/mol. The number of nitrogens with one attached hydrogen (secondary N) is 2. The lowest BCUT2D eigenvalue weighted by Crippen LogP contribution is -2.21. The standard InChI is InChI=1S/C19H13F3N4O4/c1-26-14(9-24-18(26)28)17(27)25-13-7-12(6-10-4-5-29-16(10)13)30-15-3-2-11(8-23-15)19(20,21)22/h2-9H,1H3,(H,24,28)(H,25,27). The predicted octanol–water partition coefficient (Wildman–Crippen LogP) is 3.92. The molecular formula is C19H13F3N4O4. The van der Waals surface area contributed by atoms with Crippen LogP contribution in [-0.2, 0) is 13.2 Å². The molecule has 0 saturated carbocycles. The number of alkyl halides is 3. The Hall–Kier alpha value is -4.02. The normalized spacial score (nSPS) is 11.6. The molecule has 1 aromatic carbocycles. The molecule has 4 rings (SSSR count). The van der Waals surface area contributed by atoms with Crippen molar-refractivity contribution in [1.29, 1.82) is 0 Å². The van der Waals surface area contributed by atoms with Crippen LogP contribution in [-0.4, -0.2) is 20.4 Å². The summed E-state index contributed by atoms with van der Waals surface area (Å²) in [6.45, 7) is 0. The van der Waals surface area contributed by atoms with Crippen LogP contribution in [0.4, 0.5) is 18.9 Å². The maximum absolute atomic E-state index is 12.7. The third kappa shape index (κ3) is 3.64. The number of aromatic nitrogens is 3. The van der Waals surface area contributed by atoms with Gasteiger partial charge in [0.15, 0.2) is 5.58 Å². The number of anilines is 1. The lowest BCUT2D eigenvalue weighted by Gasteiger charge is -2.10. The number of hydrogen-bond acceptors (Lipinski definition) is 5. The molecule has 0 radical (unpaired) electrons. The highest BCUT2D eigenvalue weighted by atomic mass is 19.4. The number of aromatic amines is 1. The summed E-state index contributed by atoms with van der Waals surface area (Å²) in [6, 6.07) is 6.60. The third-order valence-corrected chi connectivity index (χ3v) is 4.29. The Balaban J connectivity index is 1.63. The fraction of sp³-hybridized carbons (Fsp3) is 0.105. The third-order valence-electron chi connectivity index (χ3n) is 4.29. The van der Waals surface area contributed by atoms with Gasteiger partial charge in [-0.25, -0.2) is 9.78 Å². The highest BCUT2D eigenvalue weighted by Crippen LogP contribution is 2.34. The van der Waals surface area contributed by atoms with Crippen molar-refractivity contribution in [2.45, 2.75) is 6.18 Å². The highest BCUT2D eigenvalue weighted by Gasteiger charge is 2.30. The number of benzene rings is 1. The van der Waals surface area contributed by atoms with Crippen LogP contribution < -0.4 is 15.7 Å². The van der Waals surface area contributed by atoms with Crippen LogP contribution in [0.1, 0.15) is 16.1 Å². The average Bonchev–Trinajstić information content (AvgIpc) is 3.28. The van der Waals surface area contributed by atoms with Crippen molar-refractivity contribution in [2.75, 3.05) is 5.32 Å². The number of pyridine rings is 1. The zero-order valence-corrected chi connectivity index (χ0v) is 15.3. The molecule has 0 atom stereocenters. The summed E-state index contributed by atoms with van der Waals surface area (Å²) in [7, 11) is 1.44. The van der Waals surface area contributed by atoms with Gasteiger partial charge in [-0.05, 0) is 18.2 Å². The Morgan fingerprint density at radius 2 is 2.07 bits per heavy atom. The predicted molar refractivity (Wildman–Crippen MR) is 99.5 cm³/mol. The minimum atomic E-state index is -4.50. The molecule has 2 N–H and O–H groups in total. The molecule has 0 spiro atoms. The fourth-order valence-electron chi connectivity index (χ4n) is 2.77. The number of imidazole rings is 1. The van der Waals surface area contributed by atoms with Gasteiger partial charge in [0.1, 0.15) is 11.4 Å². The van der Waals surface area contributed by atoms with E-state index in [0.717, 1.165) is 16.7 Å². The second kappa shape index (κ2) is 7.10. The summed E-state index contributed by atoms with van der Waals surface area (Å²) in [5.41, 5.74) is -0.649. The number of fused-ring (bicyclic) bond motifs is 1. The minimum absolute atomic E-state index is 0.0591. The van der Waals surface area contributed by atoms with E-state index in [0.29, 0.717) is 17.2 Å². The van der Waals surface area contributed by atoms with Crippen molar-refractivity contribution >= 4 is 22.6 Å². The van der Waals surface area contributed by atoms with Crippen molar-refractivity contribution in [3.63, 3.8) is 0 Å². The molecule has 4 aromatic rings. The van der Waals surface area contributed by atoms with Crippen molar-refractivity contribution in [1.82, 2.24) is 14.5 Å². The monoisotopic (exact) mass is 418 g/mol. The van der Waals surface area contributed by atoms with Gasteiger partial charge in [0.2, 0.25) is 5.88 Å². The van der Waals surface area contributed by atoms with Gasteiger partial charge in [-0.1, -0.05) is 0 Å². The quantitative estimate of drug-likeness (QED) is 0.523. The van der Waals surface area contributed by atoms with E-state index in [4.69, 9.17) is 9.15 Å². The van der Waals surface area contributed by atoms with Crippen LogP contribution in [0.5, 0.6) is 11.6 Å². The Morgan fingerprint density at radius 1 is 1.27 bits per heavy atom. The van der Waals surface area contributed by atoms with Gasteiger partial charge in [0.25, 0.3) is 5.91 Å². The van der Waals surface area contributed by atoms with Gasteiger partial charge in [-0.3, -0.25) is 9.36 Å². The van der Waals surface area contributed by atoms with E-state index in [1.165, 1.54) is 25.6 Å². The Morgan fingerprint density at radius 3 is 2.70 bits per heavy atom. The zero-order valence-electron chi connectivity index (χ0n) is 15.3. The molecule has 8 nitrogen and oxygen atoms in total. The van der Waals surface area contributed by atoms with E-state index in [9.17, 15) is 22.8 Å². The van der Waals surface area contributed by atoms with Crippen LogP contribution in [0.2, 0.25) is 0 Å². The number of amides is 1. The van der Waals surface area contributed by atoms with E-state index in [2.05, 4.69) is 15.3 Å². The van der Waals surface area contributed by atoms with Gasteiger partial charge >= 0.3 is 11.9 Å². The molecule has 3 heterocycles. The first-order valence-electron chi connectivity index (χ1n) is 8.50. The minimum Gasteiger partial charge on any atom is -0.462 e. The first-order valence-corrected chi connectivity index (χ1v) is 8.50. The number of carbonyl (C=O) groups excluding carboxylic acids is 1. The highest BCUT2D eigenvalue weighted by molar-refractivity contribution is 6.07. The summed E-state index contributed by atoms with van der Waals surface area (Å²) in [6.07, 6.45) is -1.16. The summed E-state index contributed by atoms with van der Waals surface area (Å²) < 4.78 is 50.1. The van der Waals surface area contributed by atoms with E-state index in [1.807, 2.05) is 0 Å². The first-order chi connectivity index (χ1) is 14.2. The van der Waals surface area contributed by atoms with Crippen LogP contribution in [0.25, 0.3) is 11.0 Å². The SMILES string of the molecule is Cn1c(C(=O)Nc2cc(Oc3ccc(C(F)(F)F)cn3)cc3ccoc23)c[nH]c1=O. The smallest absolute Gasteiger partial charge is 0.417 e. The lowest BCUT2D eigenvalue weighted by atomic mass is 10.2. The van der Waals surface area contributed by atoms with Crippen LogP contribution in [0, 0.1) is 0 Å². The topological polar surface area (TPSA) is 102 Å². The summed E-state index contributed by atoms with van der Waals surface area (Å²) in [5, 5.41) is 3.22. The number of furan rings is 1.